The number of rotatable bonds is 4. The van der Waals surface area contributed by atoms with Gasteiger partial charge < -0.3 is 5.32 Å². The van der Waals surface area contributed by atoms with E-state index < -0.39 is 10.0 Å². The van der Waals surface area contributed by atoms with Gasteiger partial charge in [0.15, 0.2) is 0 Å². The molecule has 0 spiro atoms. The number of anilines is 1. The van der Waals surface area contributed by atoms with Crippen molar-refractivity contribution in [1.29, 1.82) is 0 Å². The van der Waals surface area contributed by atoms with Gasteiger partial charge in [0.25, 0.3) is 5.91 Å². The molecule has 6 heteroatoms. The van der Waals surface area contributed by atoms with Gasteiger partial charge in [-0.15, -0.1) is 0 Å². The fourth-order valence-corrected chi connectivity index (χ4v) is 5.14. The molecule has 1 aliphatic heterocycles. The van der Waals surface area contributed by atoms with Crippen LogP contribution in [0.25, 0.3) is 10.8 Å². The molecule has 4 rings (SSSR count). The van der Waals surface area contributed by atoms with Gasteiger partial charge in [-0.25, -0.2) is 8.42 Å². The van der Waals surface area contributed by atoms with E-state index in [1.54, 1.807) is 18.2 Å². The van der Waals surface area contributed by atoms with Crippen LogP contribution in [0.2, 0.25) is 0 Å². The first-order chi connectivity index (χ1) is 13.6. The molecule has 0 radical (unpaired) electrons. The third-order valence-electron chi connectivity index (χ3n) is 5.09. The molecule has 5 nitrogen and oxygen atoms in total. The molecule has 1 saturated heterocycles. The maximum atomic E-state index is 12.9. The zero-order valence-electron chi connectivity index (χ0n) is 15.5. The third kappa shape index (κ3) is 3.66. The van der Waals surface area contributed by atoms with Crippen LogP contribution in [0.3, 0.4) is 0 Å². The summed E-state index contributed by atoms with van der Waals surface area (Å²) in [5, 5.41) is 4.88. The molecule has 0 unspecified atom stereocenters. The number of piperidine rings is 1. The summed E-state index contributed by atoms with van der Waals surface area (Å²) in [6, 6.07) is 19.8. The Morgan fingerprint density at radius 2 is 1.57 bits per heavy atom. The summed E-state index contributed by atoms with van der Waals surface area (Å²) in [6.45, 7) is 1.07. The summed E-state index contributed by atoms with van der Waals surface area (Å²) >= 11 is 0. The van der Waals surface area contributed by atoms with Gasteiger partial charge in [-0.2, -0.15) is 4.31 Å². The minimum absolute atomic E-state index is 0.167. The Bertz CT molecular complexity index is 1110. The molecule has 3 aromatic carbocycles. The Hall–Kier alpha value is -2.70. The maximum absolute atomic E-state index is 12.9. The number of carbonyl (C=O) groups is 1. The minimum Gasteiger partial charge on any atom is -0.321 e. The van der Waals surface area contributed by atoms with Gasteiger partial charge in [-0.3, -0.25) is 4.79 Å². The summed E-state index contributed by atoms with van der Waals surface area (Å²) in [5.41, 5.74) is 1.03. The van der Waals surface area contributed by atoms with Crippen LogP contribution in [-0.4, -0.2) is 31.7 Å². The molecule has 0 saturated carbocycles. The van der Waals surface area contributed by atoms with Gasteiger partial charge in [0.2, 0.25) is 10.0 Å². The average Bonchev–Trinajstić information content (AvgIpc) is 2.75. The molecule has 0 aromatic heterocycles. The topological polar surface area (TPSA) is 66.5 Å². The number of sulfonamides is 1. The summed E-state index contributed by atoms with van der Waals surface area (Å²) in [5.74, 6) is -0.327. The molecule has 1 amide bonds. The molecule has 3 aromatic rings. The van der Waals surface area contributed by atoms with Crippen molar-refractivity contribution in [3.05, 3.63) is 72.3 Å². The fraction of sp³-hybridized carbons (Fsp3) is 0.227. The SMILES string of the molecule is O=C(Nc1cccc2ccccc12)c1cccc(S(=O)(=O)N2CCCCC2)c1. The van der Waals surface area contributed by atoms with Gasteiger partial charge in [-0.1, -0.05) is 48.9 Å². The highest BCUT2D eigenvalue weighted by Gasteiger charge is 2.26. The zero-order chi connectivity index (χ0) is 19.6. The first kappa shape index (κ1) is 18.7. The minimum atomic E-state index is -3.57. The van der Waals surface area contributed by atoms with Gasteiger partial charge in [0.05, 0.1) is 4.90 Å². The highest BCUT2D eigenvalue weighted by Crippen LogP contribution is 2.25. The molecular formula is C22H22N2O3S. The second-order valence-electron chi connectivity index (χ2n) is 6.97. The third-order valence-corrected chi connectivity index (χ3v) is 6.98. The van der Waals surface area contributed by atoms with Crippen LogP contribution in [0.4, 0.5) is 5.69 Å². The molecule has 1 N–H and O–H groups in total. The van der Waals surface area contributed by atoms with Crippen LogP contribution in [0.5, 0.6) is 0 Å². The number of carbonyl (C=O) groups excluding carboxylic acids is 1. The number of benzene rings is 3. The van der Waals surface area contributed by atoms with Gasteiger partial charge >= 0.3 is 0 Å². The Kier molecular flexibility index (Phi) is 5.15. The number of hydrogen-bond acceptors (Lipinski definition) is 3. The van der Waals surface area contributed by atoms with Gasteiger partial charge in [0.1, 0.15) is 0 Å². The second kappa shape index (κ2) is 7.73. The Balaban J connectivity index is 1.61. The lowest BCUT2D eigenvalue weighted by atomic mass is 10.1. The Morgan fingerprint density at radius 1 is 0.857 bits per heavy atom. The van der Waals surface area contributed by atoms with Crippen LogP contribution >= 0.6 is 0 Å². The van der Waals surface area contributed by atoms with Crippen LogP contribution in [0, 0.1) is 0 Å². The Labute approximate surface area is 165 Å². The molecule has 144 valence electrons. The normalized spacial score (nSPS) is 15.4. The van der Waals surface area contributed by atoms with E-state index in [4.69, 9.17) is 0 Å². The number of hydrogen-bond donors (Lipinski definition) is 1. The Morgan fingerprint density at radius 3 is 2.39 bits per heavy atom. The lowest BCUT2D eigenvalue weighted by Crippen LogP contribution is -2.35. The van der Waals surface area contributed by atoms with Gasteiger partial charge in [0, 0.05) is 29.7 Å². The highest BCUT2D eigenvalue weighted by atomic mass is 32.2. The van der Waals surface area contributed by atoms with Gasteiger partial charge in [-0.05, 0) is 42.5 Å². The molecule has 0 atom stereocenters. The van der Waals surface area contributed by atoms with E-state index in [0.29, 0.717) is 24.3 Å². The highest BCUT2D eigenvalue weighted by molar-refractivity contribution is 7.89. The van der Waals surface area contributed by atoms with Crippen molar-refractivity contribution in [2.75, 3.05) is 18.4 Å². The van der Waals surface area contributed by atoms with E-state index in [1.165, 1.54) is 10.4 Å². The van der Waals surface area contributed by atoms with Crippen molar-refractivity contribution < 1.29 is 13.2 Å². The molecule has 28 heavy (non-hydrogen) atoms. The second-order valence-corrected chi connectivity index (χ2v) is 8.91. The van der Waals surface area contributed by atoms with E-state index in [1.807, 2.05) is 42.5 Å². The molecule has 0 aliphatic carbocycles. The average molecular weight is 394 g/mol. The lowest BCUT2D eigenvalue weighted by molar-refractivity contribution is 0.102. The quantitative estimate of drug-likeness (QED) is 0.719. The summed E-state index contributed by atoms with van der Waals surface area (Å²) in [4.78, 5) is 13.0. The fourth-order valence-electron chi connectivity index (χ4n) is 3.58. The maximum Gasteiger partial charge on any atom is 0.255 e. The van der Waals surface area contributed by atoms with Crippen molar-refractivity contribution in [2.45, 2.75) is 24.2 Å². The van der Waals surface area contributed by atoms with Crippen LogP contribution in [-0.2, 0) is 10.0 Å². The van der Waals surface area contributed by atoms with Crippen LogP contribution in [0.15, 0.2) is 71.6 Å². The van der Waals surface area contributed by atoms with Crippen molar-refractivity contribution in [3.63, 3.8) is 0 Å². The summed E-state index contributed by atoms with van der Waals surface area (Å²) < 4.78 is 27.3. The van der Waals surface area contributed by atoms with E-state index in [0.717, 1.165) is 30.0 Å². The first-order valence-electron chi connectivity index (χ1n) is 9.45. The van der Waals surface area contributed by atoms with Crippen molar-refractivity contribution in [2.24, 2.45) is 0 Å². The van der Waals surface area contributed by atoms with Crippen molar-refractivity contribution in [3.8, 4) is 0 Å². The van der Waals surface area contributed by atoms with E-state index >= 15 is 0 Å². The number of nitrogens with zero attached hydrogens (tertiary/aromatic N) is 1. The molecule has 1 aliphatic rings. The predicted molar refractivity (Wildman–Crippen MR) is 111 cm³/mol. The summed E-state index contributed by atoms with van der Waals surface area (Å²) in [7, 11) is -3.57. The molecule has 1 fully saturated rings. The summed E-state index contributed by atoms with van der Waals surface area (Å²) in [6.07, 6.45) is 2.81. The van der Waals surface area contributed by atoms with Crippen LogP contribution < -0.4 is 5.32 Å². The van der Waals surface area contributed by atoms with E-state index in [2.05, 4.69) is 5.32 Å². The largest absolute Gasteiger partial charge is 0.321 e. The monoisotopic (exact) mass is 394 g/mol. The number of fused-ring (bicyclic) bond motifs is 1. The zero-order valence-corrected chi connectivity index (χ0v) is 16.3. The molecule has 0 bridgehead atoms. The molecule has 1 heterocycles. The van der Waals surface area contributed by atoms with Crippen molar-refractivity contribution in [1.82, 2.24) is 4.31 Å². The smallest absolute Gasteiger partial charge is 0.255 e. The number of nitrogens with one attached hydrogen (secondary N) is 1. The molecular weight excluding hydrogens is 372 g/mol. The lowest BCUT2D eigenvalue weighted by Gasteiger charge is -2.26. The standard InChI is InChI=1S/C22H22N2O3S/c25-22(23-21-13-7-9-17-8-2-3-12-20(17)21)18-10-6-11-19(16-18)28(26,27)24-14-4-1-5-15-24/h2-3,6-13,16H,1,4-5,14-15H2,(H,23,25). The van der Waals surface area contributed by atoms with E-state index in [9.17, 15) is 13.2 Å². The van der Waals surface area contributed by atoms with E-state index in [-0.39, 0.29) is 10.8 Å². The first-order valence-corrected chi connectivity index (χ1v) is 10.9. The number of amides is 1. The van der Waals surface area contributed by atoms with Crippen molar-refractivity contribution >= 4 is 32.4 Å². The predicted octanol–water partition coefficient (Wildman–Crippen LogP) is 4.27. The van der Waals surface area contributed by atoms with Crippen LogP contribution in [0.1, 0.15) is 29.6 Å².